The molecule has 174 valence electrons. The predicted octanol–water partition coefficient (Wildman–Crippen LogP) is 3.63. The summed E-state index contributed by atoms with van der Waals surface area (Å²) in [5.74, 6) is -0.835. The molecule has 1 fully saturated rings. The summed E-state index contributed by atoms with van der Waals surface area (Å²) in [7, 11) is 0. The maximum absolute atomic E-state index is 12.9. The molecule has 0 bridgehead atoms. The van der Waals surface area contributed by atoms with Crippen LogP contribution in [0, 0.1) is 6.92 Å². The minimum absolute atomic E-state index is 0.0725. The van der Waals surface area contributed by atoms with E-state index in [0.29, 0.717) is 12.1 Å². The number of ether oxygens (including phenoxy) is 2. The van der Waals surface area contributed by atoms with Gasteiger partial charge < -0.3 is 19.3 Å². The van der Waals surface area contributed by atoms with E-state index in [4.69, 9.17) is 4.74 Å². The first-order valence-corrected chi connectivity index (χ1v) is 10.9. The summed E-state index contributed by atoms with van der Waals surface area (Å²) in [4.78, 5) is 32.9. The monoisotopic (exact) mass is 471 g/mol. The zero-order valence-corrected chi connectivity index (χ0v) is 18.7. The number of carbonyl (C=O) groups is 2. The van der Waals surface area contributed by atoms with Crippen molar-refractivity contribution in [1.82, 2.24) is 14.8 Å². The van der Waals surface area contributed by atoms with Crippen LogP contribution in [-0.4, -0.2) is 64.7 Å². The number of hydrogen-bond acceptors (Lipinski definition) is 6. The highest BCUT2D eigenvalue weighted by Crippen LogP contribution is 2.23. The van der Waals surface area contributed by atoms with Crippen molar-refractivity contribution < 1.29 is 32.2 Å². The summed E-state index contributed by atoms with van der Waals surface area (Å²) in [6.45, 7) is 6.09. The average molecular weight is 472 g/mol. The number of thiazole rings is 1. The van der Waals surface area contributed by atoms with E-state index in [1.165, 1.54) is 40.5 Å². The van der Waals surface area contributed by atoms with Crippen molar-refractivity contribution in [3.63, 3.8) is 0 Å². The van der Waals surface area contributed by atoms with Gasteiger partial charge in [-0.1, -0.05) is 12.1 Å². The van der Waals surface area contributed by atoms with Crippen LogP contribution in [0.25, 0.3) is 0 Å². The van der Waals surface area contributed by atoms with Gasteiger partial charge in [0.2, 0.25) is 5.91 Å². The normalized spacial score (nSPS) is 17.6. The van der Waals surface area contributed by atoms with E-state index in [0.717, 1.165) is 5.01 Å². The van der Waals surface area contributed by atoms with E-state index in [1.54, 1.807) is 17.2 Å². The molecule has 1 aromatic carbocycles. The van der Waals surface area contributed by atoms with Gasteiger partial charge in [0, 0.05) is 24.5 Å². The highest BCUT2D eigenvalue weighted by Gasteiger charge is 2.33. The summed E-state index contributed by atoms with van der Waals surface area (Å²) in [6, 6.07) is 5.30. The van der Waals surface area contributed by atoms with Crippen LogP contribution in [0.3, 0.4) is 0 Å². The molecule has 0 saturated carbocycles. The number of halogens is 3. The van der Waals surface area contributed by atoms with Gasteiger partial charge in [-0.25, -0.2) is 4.98 Å². The minimum atomic E-state index is -4.75. The Hall–Kier alpha value is -2.66. The molecule has 1 aromatic heterocycles. The van der Waals surface area contributed by atoms with E-state index in [2.05, 4.69) is 9.72 Å². The fourth-order valence-electron chi connectivity index (χ4n) is 3.33. The lowest BCUT2D eigenvalue weighted by Gasteiger charge is -2.27. The van der Waals surface area contributed by atoms with E-state index in [9.17, 15) is 22.8 Å². The number of amides is 2. The van der Waals surface area contributed by atoms with Crippen molar-refractivity contribution in [1.29, 1.82) is 0 Å². The molecule has 11 heteroatoms. The average Bonchev–Trinajstić information content (AvgIpc) is 3.06. The molecule has 0 radical (unpaired) electrons. The first kappa shape index (κ1) is 24.0. The lowest BCUT2D eigenvalue weighted by molar-refractivity contribution is -0.274. The molecule has 2 heterocycles. The predicted molar refractivity (Wildman–Crippen MR) is 111 cm³/mol. The number of aromatic nitrogens is 1. The molecule has 0 spiro atoms. The van der Waals surface area contributed by atoms with E-state index < -0.39 is 12.5 Å². The van der Waals surface area contributed by atoms with Gasteiger partial charge >= 0.3 is 6.36 Å². The van der Waals surface area contributed by atoms with E-state index in [-0.39, 0.29) is 49.0 Å². The lowest BCUT2D eigenvalue weighted by Crippen LogP contribution is -2.42. The summed E-state index contributed by atoms with van der Waals surface area (Å²) >= 11 is 1.36. The van der Waals surface area contributed by atoms with Gasteiger partial charge in [-0.2, -0.15) is 0 Å². The Morgan fingerprint density at radius 3 is 2.50 bits per heavy atom. The van der Waals surface area contributed by atoms with Gasteiger partial charge in [0.15, 0.2) is 0 Å². The Kier molecular flexibility index (Phi) is 7.40. The highest BCUT2D eigenvalue weighted by atomic mass is 32.1. The molecule has 2 amide bonds. The molecule has 7 nitrogen and oxygen atoms in total. The van der Waals surface area contributed by atoms with Crippen LogP contribution < -0.4 is 4.74 Å². The van der Waals surface area contributed by atoms with Gasteiger partial charge in [0.1, 0.15) is 18.0 Å². The van der Waals surface area contributed by atoms with E-state index in [1.807, 2.05) is 13.8 Å². The number of nitrogens with zero attached hydrogens (tertiary/aromatic N) is 3. The molecular weight excluding hydrogens is 447 g/mol. The molecule has 2 aromatic rings. The number of hydrogen-bond donors (Lipinski definition) is 0. The SMILES string of the molecule is Cc1nc(C(=O)N2CC(=O)N(C(C)C)C[C@H](OCc3ccc(OC(F)(F)F)cc3)C2)cs1. The van der Waals surface area contributed by atoms with Crippen LogP contribution in [0.1, 0.15) is 34.9 Å². The van der Waals surface area contributed by atoms with Crippen molar-refractivity contribution in [2.75, 3.05) is 19.6 Å². The first-order valence-electron chi connectivity index (χ1n) is 9.99. The standard InChI is InChI=1S/C21H24F3N3O4S/c1-13(2)27-9-17(30-11-15-4-6-16(7-5-15)31-21(22,23)24)8-26(10-19(27)28)20(29)18-12-32-14(3)25-18/h4-7,12-13,17H,8-11H2,1-3H3/t17-/m1/s1. The highest BCUT2D eigenvalue weighted by molar-refractivity contribution is 7.09. The summed E-state index contributed by atoms with van der Waals surface area (Å²) < 4.78 is 46.8. The van der Waals surface area contributed by atoms with Crippen LogP contribution in [0.15, 0.2) is 29.6 Å². The number of carbonyl (C=O) groups excluding carboxylic acids is 2. The third kappa shape index (κ3) is 6.42. The quantitative estimate of drug-likeness (QED) is 0.644. The van der Waals surface area contributed by atoms with Crippen molar-refractivity contribution in [3.05, 3.63) is 45.9 Å². The molecule has 3 rings (SSSR count). The van der Waals surface area contributed by atoms with Gasteiger partial charge in [0.25, 0.3) is 5.91 Å². The van der Waals surface area contributed by atoms with Crippen molar-refractivity contribution in [2.24, 2.45) is 0 Å². The Balaban J connectivity index is 1.70. The van der Waals surface area contributed by atoms with Crippen molar-refractivity contribution >= 4 is 23.2 Å². The third-order valence-electron chi connectivity index (χ3n) is 4.86. The van der Waals surface area contributed by atoms with Crippen molar-refractivity contribution in [3.8, 4) is 5.75 Å². The lowest BCUT2D eigenvalue weighted by atomic mass is 10.2. The van der Waals surface area contributed by atoms with Gasteiger partial charge in [-0.3, -0.25) is 9.59 Å². The number of benzene rings is 1. The summed E-state index contributed by atoms with van der Waals surface area (Å²) in [6.07, 6.45) is -5.23. The smallest absolute Gasteiger partial charge is 0.406 e. The Morgan fingerprint density at radius 2 is 1.94 bits per heavy atom. The molecule has 0 N–H and O–H groups in total. The van der Waals surface area contributed by atoms with Crippen LogP contribution in [0.5, 0.6) is 5.75 Å². The zero-order chi connectivity index (χ0) is 23.5. The Labute approximate surface area is 187 Å². The molecule has 0 unspecified atom stereocenters. The van der Waals surface area contributed by atoms with Gasteiger partial charge in [-0.05, 0) is 38.5 Å². The topological polar surface area (TPSA) is 72.0 Å². The first-order chi connectivity index (χ1) is 15.0. The van der Waals surface area contributed by atoms with E-state index >= 15 is 0 Å². The molecule has 32 heavy (non-hydrogen) atoms. The minimum Gasteiger partial charge on any atom is -0.406 e. The zero-order valence-electron chi connectivity index (χ0n) is 17.9. The molecule has 1 aliphatic heterocycles. The Morgan fingerprint density at radius 1 is 1.25 bits per heavy atom. The number of aryl methyl sites for hydroxylation is 1. The van der Waals surface area contributed by atoms with Crippen LogP contribution in [-0.2, 0) is 16.1 Å². The molecule has 1 atom stereocenters. The third-order valence-corrected chi connectivity index (χ3v) is 5.64. The second kappa shape index (κ2) is 9.86. The van der Waals surface area contributed by atoms with Crippen LogP contribution in [0.2, 0.25) is 0 Å². The molecule has 1 aliphatic rings. The van der Waals surface area contributed by atoms with Crippen molar-refractivity contribution in [2.45, 2.75) is 45.9 Å². The van der Waals surface area contributed by atoms with Crippen LogP contribution in [0.4, 0.5) is 13.2 Å². The largest absolute Gasteiger partial charge is 0.573 e. The number of rotatable bonds is 6. The van der Waals surface area contributed by atoms with Crippen LogP contribution >= 0.6 is 11.3 Å². The fourth-order valence-corrected chi connectivity index (χ4v) is 3.91. The Bertz CT molecular complexity index is 947. The molecular formula is C21H24F3N3O4S. The maximum Gasteiger partial charge on any atom is 0.573 e. The number of alkyl halides is 3. The summed E-state index contributed by atoms with van der Waals surface area (Å²) in [5, 5.41) is 2.41. The molecule has 0 aliphatic carbocycles. The van der Waals surface area contributed by atoms with Gasteiger partial charge in [-0.15, -0.1) is 24.5 Å². The molecule has 1 saturated heterocycles. The second-order valence-electron chi connectivity index (χ2n) is 7.70. The van der Waals surface area contributed by atoms with Gasteiger partial charge in [0.05, 0.1) is 17.7 Å². The summed E-state index contributed by atoms with van der Waals surface area (Å²) in [5.41, 5.74) is 0.927. The maximum atomic E-state index is 12.9. The fraction of sp³-hybridized carbons (Fsp3) is 0.476. The second-order valence-corrected chi connectivity index (χ2v) is 8.76.